The summed E-state index contributed by atoms with van der Waals surface area (Å²) in [6.45, 7) is 1.73. The molecule has 0 radical (unpaired) electrons. The third kappa shape index (κ3) is 5.64. The van der Waals surface area contributed by atoms with E-state index in [1.165, 1.54) is 22.9 Å². The maximum Gasteiger partial charge on any atom is 0.429 e. The first-order valence-electron chi connectivity index (χ1n) is 11.9. The molecule has 0 saturated heterocycles. The molecule has 0 fully saturated rings. The van der Waals surface area contributed by atoms with Crippen LogP contribution in [-0.4, -0.2) is 43.0 Å². The van der Waals surface area contributed by atoms with Gasteiger partial charge in [0.05, 0.1) is 16.9 Å². The van der Waals surface area contributed by atoms with Crippen LogP contribution in [0.4, 0.5) is 13.2 Å². The van der Waals surface area contributed by atoms with Crippen molar-refractivity contribution < 1.29 is 27.8 Å². The first-order chi connectivity index (χ1) is 19.0. The molecule has 206 valence electrons. The Morgan fingerprint density at radius 1 is 1.18 bits per heavy atom. The first kappa shape index (κ1) is 27.6. The lowest BCUT2D eigenvalue weighted by atomic mass is 10.0. The summed E-state index contributed by atoms with van der Waals surface area (Å²) in [6.07, 6.45) is -4.31. The van der Waals surface area contributed by atoms with E-state index in [9.17, 15) is 18.0 Å². The quantitative estimate of drug-likeness (QED) is 0.224. The molecule has 0 amide bonds. The number of aromatic nitrogens is 4. The Bertz CT molecular complexity index is 1690. The maximum atomic E-state index is 14.5. The van der Waals surface area contributed by atoms with Gasteiger partial charge in [-0.2, -0.15) is 18.3 Å². The van der Waals surface area contributed by atoms with Crippen LogP contribution in [0.2, 0.25) is 5.02 Å². The predicted octanol–water partition coefficient (Wildman–Crippen LogP) is 6.14. The van der Waals surface area contributed by atoms with Crippen LogP contribution >= 0.6 is 22.9 Å². The van der Waals surface area contributed by atoms with Gasteiger partial charge >= 0.3 is 12.1 Å². The third-order valence-corrected chi connectivity index (χ3v) is 7.32. The van der Waals surface area contributed by atoms with Gasteiger partial charge in [0, 0.05) is 27.7 Å². The smallest absolute Gasteiger partial charge is 0.429 e. The number of aliphatic carboxylic acids is 1. The monoisotopic (exact) mass is 587 g/mol. The van der Waals surface area contributed by atoms with Crippen molar-refractivity contribution in [3.63, 3.8) is 0 Å². The fourth-order valence-corrected chi connectivity index (χ4v) is 5.31. The zero-order valence-electron chi connectivity index (χ0n) is 20.8. The lowest BCUT2D eigenvalue weighted by molar-refractivity contribution is -0.198. The van der Waals surface area contributed by atoms with E-state index in [2.05, 4.69) is 15.1 Å². The van der Waals surface area contributed by atoms with E-state index in [4.69, 9.17) is 27.2 Å². The van der Waals surface area contributed by atoms with Gasteiger partial charge in [-0.1, -0.05) is 41.9 Å². The molecule has 0 spiro atoms. The van der Waals surface area contributed by atoms with Gasteiger partial charge in [-0.3, -0.25) is 4.79 Å². The fourth-order valence-electron chi connectivity index (χ4n) is 4.18. The van der Waals surface area contributed by atoms with E-state index in [1.54, 1.807) is 48.8 Å². The van der Waals surface area contributed by atoms with Crippen molar-refractivity contribution in [3.8, 4) is 22.7 Å². The number of hydrogen-bond acceptors (Lipinski definition) is 7. The number of benzene rings is 2. The van der Waals surface area contributed by atoms with Crippen molar-refractivity contribution in [1.29, 1.82) is 0 Å². The highest BCUT2D eigenvalue weighted by Crippen LogP contribution is 2.43. The van der Waals surface area contributed by atoms with Gasteiger partial charge in [-0.15, -0.1) is 11.3 Å². The number of carbonyl (C=O) groups is 1. The van der Waals surface area contributed by atoms with Crippen molar-refractivity contribution in [2.45, 2.75) is 31.7 Å². The summed E-state index contributed by atoms with van der Waals surface area (Å²) in [5.74, 6) is -1.31. The number of alkyl halides is 3. The molecule has 5 rings (SSSR count). The number of nitrogens with two attached hydrogens (primary N) is 1. The molecule has 5 aromatic rings. The Morgan fingerprint density at radius 3 is 2.58 bits per heavy atom. The molecule has 3 aromatic heterocycles. The minimum absolute atomic E-state index is 0.128. The number of rotatable bonds is 8. The molecule has 2 atom stereocenters. The Balaban J connectivity index is 1.51. The zero-order valence-corrected chi connectivity index (χ0v) is 22.3. The summed E-state index contributed by atoms with van der Waals surface area (Å²) in [5.41, 5.74) is 8.75. The standard InChI is InChI=1S/C27H21ClF3N5O3S/c1-14-8-9-36(35-14)21-11-17(28)6-7-18(21)24(27(29,30)31)39-25-23-22(33-13-34-25)19(12-40-23)16-4-2-15(3-5-16)10-20(32)26(37)38/h2-9,11-13,20,24H,10,32H2,1H3,(H,37,38)/t20?,24-/m1/s1. The molecule has 0 aliphatic rings. The van der Waals surface area contributed by atoms with Crippen LogP contribution in [0, 0.1) is 6.92 Å². The van der Waals surface area contributed by atoms with E-state index in [0.29, 0.717) is 21.5 Å². The molecule has 3 heterocycles. The number of hydrogen-bond donors (Lipinski definition) is 2. The molecule has 3 N–H and O–H groups in total. The topological polar surface area (TPSA) is 116 Å². The molecule has 0 aliphatic heterocycles. The Kier molecular flexibility index (Phi) is 7.49. The summed E-state index contributed by atoms with van der Waals surface area (Å²) in [7, 11) is 0. The predicted molar refractivity (Wildman–Crippen MR) is 145 cm³/mol. The number of carboxylic acids is 1. The summed E-state index contributed by atoms with van der Waals surface area (Å²) in [4.78, 5) is 19.4. The Hall–Kier alpha value is -4.00. The number of carboxylic acid groups (broad SMARTS) is 1. The van der Waals surface area contributed by atoms with E-state index in [-0.39, 0.29) is 28.6 Å². The summed E-state index contributed by atoms with van der Waals surface area (Å²) in [5, 5.41) is 15.3. The van der Waals surface area contributed by atoms with Crippen LogP contribution in [0.1, 0.15) is 22.9 Å². The zero-order chi connectivity index (χ0) is 28.6. The molecular formula is C27H21ClF3N5O3S. The van der Waals surface area contributed by atoms with Gasteiger partial charge in [-0.05, 0) is 42.7 Å². The van der Waals surface area contributed by atoms with Gasteiger partial charge in [-0.25, -0.2) is 14.6 Å². The molecule has 1 unspecified atom stereocenters. The SMILES string of the molecule is Cc1ccn(-c2cc(Cl)ccc2[C@@H](Oc2ncnc3c(-c4ccc(CC(N)C(=O)O)cc4)csc23)C(F)(F)F)n1. The summed E-state index contributed by atoms with van der Waals surface area (Å²) < 4.78 is 50.7. The van der Waals surface area contributed by atoms with Crippen LogP contribution in [0.5, 0.6) is 5.88 Å². The summed E-state index contributed by atoms with van der Waals surface area (Å²) in [6, 6.07) is 11.7. The second-order valence-corrected chi connectivity index (χ2v) is 10.3. The molecule has 0 aliphatic carbocycles. The van der Waals surface area contributed by atoms with Crippen molar-refractivity contribution >= 4 is 39.1 Å². The van der Waals surface area contributed by atoms with Crippen LogP contribution in [-0.2, 0) is 11.2 Å². The van der Waals surface area contributed by atoms with Gasteiger partial charge in [0.1, 0.15) is 17.1 Å². The van der Waals surface area contributed by atoms with Crippen molar-refractivity contribution in [2.24, 2.45) is 5.73 Å². The van der Waals surface area contributed by atoms with Gasteiger partial charge in [0.15, 0.2) is 0 Å². The van der Waals surface area contributed by atoms with Gasteiger partial charge in [0.25, 0.3) is 0 Å². The van der Waals surface area contributed by atoms with Crippen LogP contribution in [0.3, 0.4) is 0 Å². The highest BCUT2D eigenvalue weighted by molar-refractivity contribution is 7.18. The lowest BCUT2D eigenvalue weighted by Gasteiger charge is -2.24. The van der Waals surface area contributed by atoms with Gasteiger partial charge in [0.2, 0.25) is 12.0 Å². The van der Waals surface area contributed by atoms with Crippen molar-refractivity contribution in [2.75, 3.05) is 0 Å². The fraction of sp³-hybridized carbons (Fsp3) is 0.185. The minimum Gasteiger partial charge on any atom is -0.480 e. The average molecular weight is 588 g/mol. The van der Waals surface area contributed by atoms with Crippen LogP contribution in [0.25, 0.3) is 27.0 Å². The third-order valence-electron chi connectivity index (χ3n) is 6.13. The van der Waals surface area contributed by atoms with E-state index in [0.717, 1.165) is 28.8 Å². The van der Waals surface area contributed by atoms with E-state index >= 15 is 0 Å². The van der Waals surface area contributed by atoms with E-state index < -0.39 is 24.3 Å². The van der Waals surface area contributed by atoms with Crippen LogP contribution < -0.4 is 10.5 Å². The largest absolute Gasteiger partial charge is 0.480 e. The Labute approximate surface area is 234 Å². The molecule has 0 bridgehead atoms. The molecule has 8 nitrogen and oxygen atoms in total. The first-order valence-corrected chi connectivity index (χ1v) is 13.1. The minimum atomic E-state index is -4.80. The number of fused-ring (bicyclic) bond motifs is 1. The van der Waals surface area contributed by atoms with Crippen molar-refractivity contribution in [1.82, 2.24) is 19.7 Å². The second-order valence-electron chi connectivity index (χ2n) is 9.00. The number of aryl methyl sites for hydroxylation is 1. The maximum absolute atomic E-state index is 14.5. The average Bonchev–Trinajstić information content (AvgIpc) is 3.54. The number of ether oxygens (including phenoxy) is 1. The second kappa shape index (κ2) is 10.9. The molecule has 13 heteroatoms. The molecule has 0 saturated carbocycles. The number of nitrogens with zero attached hydrogens (tertiary/aromatic N) is 4. The highest BCUT2D eigenvalue weighted by atomic mass is 35.5. The summed E-state index contributed by atoms with van der Waals surface area (Å²) >= 11 is 7.28. The van der Waals surface area contributed by atoms with Crippen LogP contribution in [0.15, 0.2) is 66.4 Å². The highest BCUT2D eigenvalue weighted by Gasteiger charge is 2.45. The normalized spacial score (nSPS) is 13.3. The van der Waals surface area contributed by atoms with Gasteiger partial charge < -0.3 is 15.6 Å². The Morgan fingerprint density at radius 2 is 1.93 bits per heavy atom. The van der Waals surface area contributed by atoms with Crippen molar-refractivity contribution in [3.05, 3.63) is 88.3 Å². The lowest BCUT2D eigenvalue weighted by Crippen LogP contribution is -2.32. The molecule has 40 heavy (non-hydrogen) atoms. The number of halogens is 4. The van der Waals surface area contributed by atoms with E-state index in [1.807, 2.05) is 0 Å². The number of thiophene rings is 1. The molecular weight excluding hydrogens is 567 g/mol. The molecule has 2 aromatic carbocycles.